The summed E-state index contributed by atoms with van der Waals surface area (Å²) in [6.45, 7) is 0.324. The van der Waals surface area contributed by atoms with E-state index in [2.05, 4.69) is 15.8 Å². The van der Waals surface area contributed by atoms with Crippen molar-refractivity contribution in [2.45, 2.75) is 6.42 Å². The number of nitrogens with one attached hydrogen (secondary N) is 2. The Labute approximate surface area is 171 Å². The second-order valence-corrected chi connectivity index (χ2v) is 6.20. The second kappa shape index (κ2) is 9.78. The van der Waals surface area contributed by atoms with Crippen LogP contribution in [-0.2, 0) is 16.0 Å². The highest BCUT2D eigenvalue weighted by atomic mass is 16.6. The molecule has 0 atom stereocenters. The summed E-state index contributed by atoms with van der Waals surface area (Å²) in [6, 6.07) is 18.8. The Balaban J connectivity index is 1.49. The summed E-state index contributed by atoms with van der Waals surface area (Å²) in [6.07, 6.45) is 1.84. The molecule has 30 heavy (non-hydrogen) atoms. The molecule has 9 nitrogen and oxygen atoms in total. The van der Waals surface area contributed by atoms with E-state index in [4.69, 9.17) is 4.42 Å². The lowest BCUT2D eigenvalue weighted by Crippen LogP contribution is -2.38. The molecule has 2 amide bonds. The number of hydrogen-bond acceptors (Lipinski definition) is 6. The average molecular weight is 406 g/mol. The van der Waals surface area contributed by atoms with Crippen LogP contribution in [0.15, 0.2) is 76.2 Å². The highest BCUT2D eigenvalue weighted by Gasteiger charge is 2.12. The van der Waals surface area contributed by atoms with E-state index in [1.165, 1.54) is 18.3 Å². The van der Waals surface area contributed by atoms with E-state index < -0.39 is 16.7 Å². The molecule has 0 saturated heterocycles. The number of hydrogen-bond donors (Lipinski definition) is 2. The standard InChI is InChI=1S/C21H18N4O5/c26-20(22-12-11-15-5-2-1-3-6-15)21(27)24-23-14-18-9-10-19(30-18)16-7-4-8-17(13-16)25(28)29/h1-10,13-14H,11-12H2,(H,22,26)(H,24,27)/b23-14+. The van der Waals surface area contributed by atoms with Crippen LogP contribution in [-0.4, -0.2) is 29.5 Å². The molecule has 1 heterocycles. The number of hydrazone groups is 1. The first-order chi connectivity index (χ1) is 14.5. The molecule has 0 aliphatic carbocycles. The quantitative estimate of drug-likeness (QED) is 0.270. The number of furan rings is 1. The zero-order chi connectivity index (χ0) is 21.3. The van der Waals surface area contributed by atoms with Gasteiger partial charge in [0.15, 0.2) is 0 Å². The van der Waals surface area contributed by atoms with Gasteiger partial charge in [-0.2, -0.15) is 5.10 Å². The third kappa shape index (κ3) is 5.61. The monoisotopic (exact) mass is 406 g/mol. The fourth-order valence-corrected chi connectivity index (χ4v) is 2.60. The van der Waals surface area contributed by atoms with Crippen LogP contribution in [0.5, 0.6) is 0 Å². The molecular formula is C21H18N4O5. The van der Waals surface area contributed by atoms with Gasteiger partial charge >= 0.3 is 11.8 Å². The van der Waals surface area contributed by atoms with Crippen molar-refractivity contribution in [3.8, 4) is 11.3 Å². The van der Waals surface area contributed by atoms with Crippen LogP contribution in [0, 0.1) is 10.1 Å². The fraction of sp³-hybridized carbons (Fsp3) is 0.0952. The van der Waals surface area contributed by atoms with Crippen LogP contribution < -0.4 is 10.7 Å². The molecule has 0 spiro atoms. The van der Waals surface area contributed by atoms with Crippen molar-refractivity contribution in [3.05, 3.63) is 88.2 Å². The summed E-state index contributed by atoms with van der Waals surface area (Å²) in [4.78, 5) is 33.9. The summed E-state index contributed by atoms with van der Waals surface area (Å²) < 4.78 is 5.54. The zero-order valence-corrected chi connectivity index (χ0v) is 15.8. The predicted molar refractivity (Wildman–Crippen MR) is 110 cm³/mol. The van der Waals surface area contributed by atoms with Gasteiger partial charge in [-0.25, -0.2) is 5.43 Å². The van der Waals surface area contributed by atoms with E-state index in [1.807, 2.05) is 30.3 Å². The molecule has 0 radical (unpaired) electrons. The van der Waals surface area contributed by atoms with Gasteiger partial charge in [0.25, 0.3) is 5.69 Å². The summed E-state index contributed by atoms with van der Waals surface area (Å²) in [7, 11) is 0. The Morgan fingerprint density at radius 1 is 1.03 bits per heavy atom. The third-order valence-electron chi connectivity index (χ3n) is 4.07. The minimum atomic E-state index is -0.898. The zero-order valence-electron chi connectivity index (χ0n) is 15.8. The lowest BCUT2D eigenvalue weighted by Gasteiger charge is -2.03. The fourth-order valence-electron chi connectivity index (χ4n) is 2.60. The van der Waals surface area contributed by atoms with Crippen LogP contribution in [0.3, 0.4) is 0 Å². The lowest BCUT2D eigenvalue weighted by atomic mass is 10.1. The minimum absolute atomic E-state index is 0.0512. The van der Waals surface area contributed by atoms with Crippen LogP contribution in [0.1, 0.15) is 11.3 Å². The molecule has 0 fully saturated rings. The molecule has 0 saturated carbocycles. The van der Waals surface area contributed by atoms with Crippen LogP contribution in [0.25, 0.3) is 11.3 Å². The van der Waals surface area contributed by atoms with Crippen LogP contribution in [0.4, 0.5) is 5.69 Å². The van der Waals surface area contributed by atoms with Crippen molar-refractivity contribution in [1.82, 2.24) is 10.7 Å². The second-order valence-electron chi connectivity index (χ2n) is 6.20. The van der Waals surface area contributed by atoms with Crippen LogP contribution >= 0.6 is 0 Å². The molecule has 3 aromatic rings. The lowest BCUT2D eigenvalue weighted by molar-refractivity contribution is -0.384. The number of amides is 2. The largest absolute Gasteiger partial charge is 0.455 e. The van der Waals surface area contributed by atoms with Crippen molar-refractivity contribution in [3.63, 3.8) is 0 Å². The summed E-state index contributed by atoms with van der Waals surface area (Å²) >= 11 is 0. The maximum atomic E-state index is 11.8. The number of nitro groups is 1. The Bertz CT molecular complexity index is 1080. The van der Waals surface area contributed by atoms with Crippen molar-refractivity contribution in [2.24, 2.45) is 5.10 Å². The molecular weight excluding hydrogens is 388 g/mol. The first-order valence-corrected chi connectivity index (χ1v) is 9.03. The highest BCUT2D eigenvalue weighted by Crippen LogP contribution is 2.25. The molecule has 3 rings (SSSR count). The molecule has 0 unspecified atom stereocenters. The average Bonchev–Trinajstić information content (AvgIpc) is 3.23. The van der Waals surface area contributed by atoms with E-state index in [0.717, 1.165) is 5.56 Å². The maximum Gasteiger partial charge on any atom is 0.329 e. The first kappa shape index (κ1) is 20.5. The summed E-state index contributed by atoms with van der Waals surface area (Å²) in [5.74, 6) is -0.976. The van der Waals surface area contributed by atoms with E-state index in [9.17, 15) is 19.7 Å². The number of non-ortho nitro benzene ring substituents is 1. The van der Waals surface area contributed by atoms with Gasteiger partial charge in [-0.05, 0) is 24.1 Å². The van der Waals surface area contributed by atoms with E-state index in [-0.39, 0.29) is 5.69 Å². The van der Waals surface area contributed by atoms with Gasteiger partial charge in [0.2, 0.25) is 0 Å². The number of rotatable bonds is 7. The predicted octanol–water partition coefficient (Wildman–Crippen LogP) is 2.66. The molecule has 0 aliphatic heterocycles. The number of benzene rings is 2. The summed E-state index contributed by atoms with van der Waals surface area (Å²) in [5, 5.41) is 17.1. The van der Waals surface area contributed by atoms with Gasteiger partial charge in [-0.3, -0.25) is 19.7 Å². The molecule has 2 aromatic carbocycles. The van der Waals surface area contributed by atoms with Crippen molar-refractivity contribution >= 4 is 23.7 Å². The van der Waals surface area contributed by atoms with Crippen molar-refractivity contribution < 1.29 is 18.9 Å². The SMILES string of the molecule is O=C(NCCc1ccccc1)C(=O)N/N=C/c1ccc(-c2cccc([N+](=O)[O-])c2)o1. The number of carbonyl (C=O) groups excluding carboxylic acids is 2. The molecule has 2 N–H and O–H groups in total. The van der Waals surface area contributed by atoms with E-state index in [0.29, 0.717) is 30.0 Å². The third-order valence-corrected chi connectivity index (χ3v) is 4.07. The van der Waals surface area contributed by atoms with Gasteiger partial charge in [-0.1, -0.05) is 42.5 Å². The van der Waals surface area contributed by atoms with Gasteiger partial charge in [0, 0.05) is 24.2 Å². The number of nitrogens with zero attached hydrogens (tertiary/aromatic N) is 2. The van der Waals surface area contributed by atoms with Gasteiger partial charge in [-0.15, -0.1) is 0 Å². The topological polar surface area (TPSA) is 127 Å². The Hall–Kier alpha value is -4.27. The summed E-state index contributed by atoms with van der Waals surface area (Å²) in [5.41, 5.74) is 3.65. The number of carbonyl (C=O) groups is 2. The van der Waals surface area contributed by atoms with Crippen LogP contribution in [0.2, 0.25) is 0 Å². The minimum Gasteiger partial charge on any atom is -0.455 e. The molecule has 9 heteroatoms. The normalized spacial score (nSPS) is 10.7. The molecule has 0 aliphatic rings. The maximum absolute atomic E-state index is 11.8. The van der Waals surface area contributed by atoms with E-state index in [1.54, 1.807) is 24.3 Å². The van der Waals surface area contributed by atoms with Gasteiger partial charge in [0.1, 0.15) is 11.5 Å². The van der Waals surface area contributed by atoms with Crippen molar-refractivity contribution in [2.75, 3.05) is 6.54 Å². The Morgan fingerprint density at radius 3 is 2.60 bits per heavy atom. The van der Waals surface area contributed by atoms with E-state index >= 15 is 0 Å². The Morgan fingerprint density at radius 2 is 1.83 bits per heavy atom. The molecule has 1 aromatic heterocycles. The number of nitro benzene ring substituents is 1. The van der Waals surface area contributed by atoms with Gasteiger partial charge in [0.05, 0.1) is 11.1 Å². The highest BCUT2D eigenvalue weighted by molar-refractivity contribution is 6.35. The first-order valence-electron chi connectivity index (χ1n) is 9.03. The van der Waals surface area contributed by atoms with Gasteiger partial charge < -0.3 is 9.73 Å². The molecule has 152 valence electrons. The molecule has 0 bridgehead atoms. The Kier molecular flexibility index (Phi) is 6.67. The van der Waals surface area contributed by atoms with Crippen molar-refractivity contribution in [1.29, 1.82) is 0 Å². The smallest absolute Gasteiger partial charge is 0.329 e.